The Hall–Kier alpha value is -1.90. The van der Waals surface area contributed by atoms with E-state index in [1.165, 1.54) is 0 Å². The van der Waals surface area contributed by atoms with Crippen molar-refractivity contribution in [3.05, 3.63) is 24.4 Å². The van der Waals surface area contributed by atoms with Crippen molar-refractivity contribution in [1.82, 2.24) is 30.5 Å². The van der Waals surface area contributed by atoms with Crippen LogP contribution in [0.4, 0.5) is 0 Å². The highest BCUT2D eigenvalue weighted by molar-refractivity contribution is 5.45. The number of aromatic amines is 1. The van der Waals surface area contributed by atoms with Crippen molar-refractivity contribution >= 4 is 0 Å². The van der Waals surface area contributed by atoms with Crippen LogP contribution in [0.1, 0.15) is 31.5 Å². The van der Waals surface area contributed by atoms with Crippen molar-refractivity contribution in [1.29, 1.82) is 0 Å². The number of nitrogens with one attached hydrogen (secondary N) is 2. The molecule has 4 heterocycles. The monoisotopic (exact) mass is 330 g/mol. The molecule has 8 heteroatoms. The Morgan fingerprint density at radius 1 is 1.25 bits per heavy atom. The lowest BCUT2D eigenvalue weighted by Gasteiger charge is -2.43. The molecule has 0 aromatic carbocycles. The molecule has 1 unspecified atom stereocenters. The van der Waals surface area contributed by atoms with Gasteiger partial charge in [-0.15, -0.1) is 0 Å². The second-order valence-electron chi connectivity index (χ2n) is 6.41. The van der Waals surface area contributed by atoms with E-state index < -0.39 is 0 Å². The lowest BCUT2D eigenvalue weighted by atomic mass is 9.84. The third-order valence-electron chi connectivity index (χ3n) is 4.78. The molecule has 2 aromatic rings. The molecule has 0 saturated carbocycles. The smallest absolute Gasteiger partial charge is 0.201 e. The van der Waals surface area contributed by atoms with E-state index >= 15 is 0 Å². The third kappa shape index (κ3) is 3.45. The minimum absolute atomic E-state index is 0.000366. The van der Waals surface area contributed by atoms with Crippen LogP contribution >= 0.6 is 0 Å². The highest BCUT2D eigenvalue weighted by Crippen LogP contribution is 2.34. The largest absolute Gasteiger partial charge is 0.381 e. The molecule has 8 nitrogen and oxygen atoms in total. The summed E-state index contributed by atoms with van der Waals surface area (Å²) in [6.07, 6.45) is 8.96. The number of hydrogen-bond acceptors (Lipinski definition) is 7. The van der Waals surface area contributed by atoms with Gasteiger partial charge in [-0.2, -0.15) is 5.10 Å². The molecule has 0 aliphatic carbocycles. The standard InChI is InChI=1S/C16H22N6O2/c1-6-24-16(2-7-23-8-3-16)9-12(1)19-11-14-20-15(22-21-14)13-10-17-4-5-18-13/h4-5,10,12,19H,1-3,6-9,11H2,(H,20,21,22). The number of nitrogens with zero attached hydrogens (tertiary/aromatic N) is 4. The summed E-state index contributed by atoms with van der Waals surface area (Å²) in [4.78, 5) is 12.7. The van der Waals surface area contributed by atoms with Crippen LogP contribution < -0.4 is 5.32 Å². The van der Waals surface area contributed by atoms with Crippen molar-refractivity contribution in [2.45, 2.75) is 43.9 Å². The first kappa shape index (κ1) is 15.6. The van der Waals surface area contributed by atoms with Crippen molar-refractivity contribution in [3.8, 4) is 11.5 Å². The summed E-state index contributed by atoms with van der Waals surface area (Å²) in [5.41, 5.74) is 0.674. The zero-order chi connectivity index (χ0) is 16.2. The molecule has 1 spiro atoms. The first-order chi connectivity index (χ1) is 11.8. The highest BCUT2D eigenvalue weighted by atomic mass is 16.5. The minimum Gasteiger partial charge on any atom is -0.381 e. The van der Waals surface area contributed by atoms with Gasteiger partial charge < -0.3 is 14.8 Å². The van der Waals surface area contributed by atoms with E-state index in [2.05, 4.69) is 30.5 Å². The topological polar surface area (TPSA) is 97.8 Å². The Bertz CT molecular complexity index is 650. The maximum absolute atomic E-state index is 6.08. The molecule has 2 aliphatic heterocycles. The fraction of sp³-hybridized carbons (Fsp3) is 0.625. The number of ether oxygens (including phenoxy) is 2. The Kier molecular flexibility index (Phi) is 4.50. The van der Waals surface area contributed by atoms with E-state index in [1.54, 1.807) is 18.6 Å². The van der Waals surface area contributed by atoms with Gasteiger partial charge in [-0.05, 0) is 25.7 Å². The molecule has 2 saturated heterocycles. The fourth-order valence-corrected chi connectivity index (χ4v) is 3.44. The predicted octanol–water partition coefficient (Wildman–Crippen LogP) is 1.08. The van der Waals surface area contributed by atoms with Crippen LogP contribution in [0.15, 0.2) is 18.6 Å². The fourth-order valence-electron chi connectivity index (χ4n) is 3.44. The predicted molar refractivity (Wildman–Crippen MR) is 86.0 cm³/mol. The van der Waals surface area contributed by atoms with Gasteiger partial charge in [0.05, 0.1) is 18.3 Å². The molecule has 2 fully saturated rings. The summed E-state index contributed by atoms with van der Waals surface area (Å²) < 4.78 is 11.6. The van der Waals surface area contributed by atoms with Crippen LogP contribution in [0.2, 0.25) is 0 Å². The Morgan fingerprint density at radius 3 is 3.00 bits per heavy atom. The number of rotatable bonds is 4. The van der Waals surface area contributed by atoms with Crippen LogP contribution in [0.5, 0.6) is 0 Å². The molecular weight excluding hydrogens is 308 g/mol. The van der Waals surface area contributed by atoms with Gasteiger partial charge in [-0.25, -0.2) is 9.97 Å². The maximum Gasteiger partial charge on any atom is 0.201 e. The van der Waals surface area contributed by atoms with Gasteiger partial charge >= 0.3 is 0 Å². The molecule has 0 bridgehead atoms. The van der Waals surface area contributed by atoms with Gasteiger partial charge in [0.2, 0.25) is 5.82 Å². The molecule has 24 heavy (non-hydrogen) atoms. The van der Waals surface area contributed by atoms with Crippen molar-refractivity contribution < 1.29 is 9.47 Å². The SMILES string of the molecule is c1cnc(-c2n[nH]c(CNC3CCOC4(CCOCC4)C3)n2)cn1. The average molecular weight is 330 g/mol. The molecule has 128 valence electrons. The van der Waals surface area contributed by atoms with Crippen LogP contribution in [0, 0.1) is 0 Å². The second-order valence-corrected chi connectivity index (χ2v) is 6.41. The first-order valence-electron chi connectivity index (χ1n) is 8.46. The van der Waals surface area contributed by atoms with Crippen LogP contribution in [0.25, 0.3) is 11.5 Å². The lowest BCUT2D eigenvalue weighted by Crippen LogP contribution is -2.49. The van der Waals surface area contributed by atoms with Crippen LogP contribution in [-0.2, 0) is 16.0 Å². The van der Waals surface area contributed by atoms with Gasteiger partial charge in [0.1, 0.15) is 11.5 Å². The summed E-state index contributed by atoms with van der Waals surface area (Å²) >= 11 is 0. The molecular formula is C16H22N6O2. The molecule has 2 aromatic heterocycles. The van der Waals surface area contributed by atoms with Gasteiger partial charge in [-0.3, -0.25) is 10.1 Å². The highest BCUT2D eigenvalue weighted by Gasteiger charge is 2.38. The Labute approximate surface area is 140 Å². The van der Waals surface area contributed by atoms with E-state index in [0.29, 0.717) is 24.1 Å². The van der Waals surface area contributed by atoms with Crippen molar-refractivity contribution in [3.63, 3.8) is 0 Å². The molecule has 2 N–H and O–H groups in total. The van der Waals surface area contributed by atoms with E-state index in [4.69, 9.17) is 9.47 Å². The zero-order valence-corrected chi connectivity index (χ0v) is 13.6. The Balaban J connectivity index is 1.34. The van der Waals surface area contributed by atoms with E-state index in [0.717, 1.165) is 51.3 Å². The molecule has 1 atom stereocenters. The number of H-pyrrole nitrogens is 1. The molecule has 0 radical (unpaired) electrons. The van der Waals surface area contributed by atoms with Gasteiger partial charge in [-0.1, -0.05) is 0 Å². The van der Waals surface area contributed by atoms with Crippen LogP contribution in [0.3, 0.4) is 0 Å². The van der Waals surface area contributed by atoms with E-state index in [9.17, 15) is 0 Å². The lowest BCUT2D eigenvalue weighted by molar-refractivity contribution is -0.140. The normalized spacial score (nSPS) is 23.4. The minimum atomic E-state index is 0.000366. The molecule has 2 aliphatic rings. The molecule has 0 amide bonds. The summed E-state index contributed by atoms with van der Waals surface area (Å²) in [5, 5.41) is 10.8. The average Bonchev–Trinajstić information content (AvgIpc) is 3.11. The first-order valence-corrected chi connectivity index (χ1v) is 8.46. The van der Waals surface area contributed by atoms with Gasteiger partial charge in [0.25, 0.3) is 0 Å². The van der Waals surface area contributed by atoms with Gasteiger partial charge in [0.15, 0.2) is 0 Å². The number of hydrogen-bond donors (Lipinski definition) is 2. The van der Waals surface area contributed by atoms with Gasteiger partial charge in [0, 0.05) is 38.3 Å². The zero-order valence-electron chi connectivity index (χ0n) is 13.6. The summed E-state index contributed by atoms with van der Waals surface area (Å²) in [5.74, 6) is 1.39. The number of aromatic nitrogens is 5. The Morgan fingerprint density at radius 2 is 2.17 bits per heavy atom. The summed E-state index contributed by atoms with van der Waals surface area (Å²) in [7, 11) is 0. The van der Waals surface area contributed by atoms with E-state index in [1.807, 2.05) is 0 Å². The van der Waals surface area contributed by atoms with E-state index in [-0.39, 0.29) is 5.60 Å². The summed E-state index contributed by atoms with van der Waals surface area (Å²) in [6.45, 7) is 3.07. The van der Waals surface area contributed by atoms with Crippen molar-refractivity contribution in [2.75, 3.05) is 19.8 Å². The second kappa shape index (κ2) is 6.92. The maximum atomic E-state index is 6.08. The van der Waals surface area contributed by atoms with Crippen LogP contribution in [-0.4, -0.2) is 56.6 Å². The third-order valence-corrected chi connectivity index (χ3v) is 4.78. The molecule has 4 rings (SSSR count). The van der Waals surface area contributed by atoms with Crippen molar-refractivity contribution in [2.24, 2.45) is 0 Å². The quantitative estimate of drug-likeness (QED) is 0.865. The summed E-state index contributed by atoms with van der Waals surface area (Å²) in [6, 6.07) is 0.432.